The predicted molar refractivity (Wildman–Crippen MR) is 62.0 cm³/mol. The third kappa shape index (κ3) is 4.40. The lowest BCUT2D eigenvalue weighted by atomic mass is 10.4. The highest BCUT2D eigenvalue weighted by molar-refractivity contribution is 5.01. The van der Waals surface area contributed by atoms with Crippen LogP contribution in [0.25, 0.3) is 0 Å². The van der Waals surface area contributed by atoms with E-state index < -0.39 is 12.7 Å². The van der Waals surface area contributed by atoms with E-state index in [1.807, 2.05) is 19.3 Å². The summed E-state index contributed by atoms with van der Waals surface area (Å²) in [7, 11) is 1.82. The minimum absolute atomic E-state index is 0.404. The summed E-state index contributed by atoms with van der Waals surface area (Å²) >= 11 is 0. The molecule has 0 atom stereocenters. The zero-order valence-corrected chi connectivity index (χ0v) is 10.4. The van der Waals surface area contributed by atoms with Gasteiger partial charge in [0.15, 0.2) is 0 Å². The maximum absolute atomic E-state index is 12.1. The molecule has 0 fully saturated rings. The second-order valence-corrected chi connectivity index (χ2v) is 4.20. The van der Waals surface area contributed by atoms with Crippen LogP contribution in [0.1, 0.15) is 11.4 Å². The highest BCUT2D eigenvalue weighted by Gasteiger charge is 2.28. The van der Waals surface area contributed by atoms with Crippen molar-refractivity contribution in [3.05, 3.63) is 35.9 Å². The summed E-state index contributed by atoms with van der Waals surface area (Å²) in [6.07, 6.45) is -1.09. The van der Waals surface area contributed by atoms with Gasteiger partial charge in [0.1, 0.15) is 6.54 Å². The molecule has 104 valence electrons. The Kier molecular flexibility index (Phi) is 3.89. The van der Waals surface area contributed by atoms with Crippen molar-refractivity contribution in [3.63, 3.8) is 0 Å². The van der Waals surface area contributed by atoms with Gasteiger partial charge in [-0.3, -0.25) is 9.36 Å². The molecule has 0 aliphatic carbocycles. The van der Waals surface area contributed by atoms with Crippen molar-refractivity contribution in [1.82, 2.24) is 24.9 Å². The number of aryl methyl sites for hydroxylation is 1. The fraction of sp³-hybridized carbons (Fsp3) is 0.455. The van der Waals surface area contributed by atoms with E-state index >= 15 is 0 Å². The standard InChI is InChI=1S/C11H14F3N5/c1-18-4-2-9(16-18)6-15-7-10-3-5-19(17-10)8-11(12,13)14/h2-5,15H,6-8H2,1H3. The van der Waals surface area contributed by atoms with Gasteiger partial charge >= 0.3 is 6.18 Å². The second kappa shape index (κ2) is 5.43. The summed E-state index contributed by atoms with van der Waals surface area (Å²) in [5.41, 5.74) is 1.44. The fourth-order valence-corrected chi connectivity index (χ4v) is 1.65. The summed E-state index contributed by atoms with van der Waals surface area (Å²) in [4.78, 5) is 0. The largest absolute Gasteiger partial charge is 0.408 e. The van der Waals surface area contributed by atoms with Crippen LogP contribution in [0.2, 0.25) is 0 Å². The lowest BCUT2D eigenvalue weighted by Crippen LogP contribution is -2.19. The summed E-state index contributed by atoms with van der Waals surface area (Å²) < 4.78 is 39.0. The maximum Gasteiger partial charge on any atom is 0.408 e. The molecule has 0 spiro atoms. The molecule has 5 nitrogen and oxygen atoms in total. The molecule has 0 aromatic carbocycles. The summed E-state index contributed by atoms with van der Waals surface area (Å²) in [6, 6.07) is 3.44. The van der Waals surface area contributed by atoms with Crippen LogP contribution in [0.3, 0.4) is 0 Å². The first kappa shape index (κ1) is 13.6. The molecule has 2 aromatic heterocycles. The fourth-order valence-electron chi connectivity index (χ4n) is 1.65. The van der Waals surface area contributed by atoms with Gasteiger partial charge in [-0.25, -0.2) is 0 Å². The molecular formula is C11H14F3N5. The minimum atomic E-state index is -4.25. The van der Waals surface area contributed by atoms with Gasteiger partial charge in [0.25, 0.3) is 0 Å². The quantitative estimate of drug-likeness (QED) is 0.897. The van der Waals surface area contributed by atoms with Crippen molar-refractivity contribution in [2.45, 2.75) is 25.8 Å². The van der Waals surface area contributed by atoms with Gasteiger partial charge in [0.05, 0.1) is 11.4 Å². The van der Waals surface area contributed by atoms with Crippen LogP contribution < -0.4 is 5.32 Å². The topological polar surface area (TPSA) is 47.7 Å². The first-order valence-electron chi connectivity index (χ1n) is 5.71. The predicted octanol–water partition coefficient (Wildman–Crippen LogP) is 1.47. The van der Waals surface area contributed by atoms with Gasteiger partial charge in [-0.05, 0) is 12.1 Å². The SMILES string of the molecule is Cn1ccc(CNCc2ccn(CC(F)(F)F)n2)n1. The molecule has 19 heavy (non-hydrogen) atoms. The Hall–Kier alpha value is -1.83. The van der Waals surface area contributed by atoms with Crippen LogP contribution in [0.15, 0.2) is 24.5 Å². The Morgan fingerprint density at radius 1 is 1.11 bits per heavy atom. The van der Waals surface area contributed by atoms with E-state index in [-0.39, 0.29) is 0 Å². The van der Waals surface area contributed by atoms with Crippen LogP contribution in [0, 0.1) is 0 Å². The number of hydrogen-bond donors (Lipinski definition) is 1. The van der Waals surface area contributed by atoms with Crippen LogP contribution >= 0.6 is 0 Å². The molecule has 0 unspecified atom stereocenters. The number of hydrogen-bond acceptors (Lipinski definition) is 3. The molecule has 0 aliphatic heterocycles. The molecule has 0 saturated carbocycles. The van der Waals surface area contributed by atoms with Crippen molar-refractivity contribution < 1.29 is 13.2 Å². The molecule has 2 rings (SSSR count). The Morgan fingerprint density at radius 3 is 2.32 bits per heavy atom. The molecule has 2 heterocycles. The van der Waals surface area contributed by atoms with E-state index in [0.717, 1.165) is 10.4 Å². The van der Waals surface area contributed by atoms with Crippen molar-refractivity contribution >= 4 is 0 Å². The Bertz CT molecular complexity index is 528. The Morgan fingerprint density at radius 2 is 1.74 bits per heavy atom. The summed E-state index contributed by atoms with van der Waals surface area (Å²) in [6.45, 7) is -0.109. The highest BCUT2D eigenvalue weighted by atomic mass is 19.4. The molecule has 0 amide bonds. The number of aromatic nitrogens is 4. The lowest BCUT2D eigenvalue weighted by Gasteiger charge is -2.05. The normalized spacial score (nSPS) is 12.0. The molecular weight excluding hydrogens is 259 g/mol. The second-order valence-electron chi connectivity index (χ2n) is 4.20. The van der Waals surface area contributed by atoms with Crippen LogP contribution in [-0.2, 0) is 26.7 Å². The van der Waals surface area contributed by atoms with Gasteiger partial charge < -0.3 is 5.32 Å². The van der Waals surface area contributed by atoms with E-state index in [1.54, 1.807) is 10.7 Å². The van der Waals surface area contributed by atoms with Crippen molar-refractivity contribution in [2.24, 2.45) is 7.05 Å². The molecule has 1 N–H and O–H groups in total. The molecule has 0 aliphatic rings. The van der Waals surface area contributed by atoms with E-state index in [0.29, 0.717) is 18.8 Å². The number of nitrogens with one attached hydrogen (secondary N) is 1. The number of alkyl halides is 3. The van der Waals surface area contributed by atoms with E-state index in [2.05, 4.69) is 15.5 Å². The van der Waals surface area contributed by atoms with Gasteiger partial charge in [-0.15, -0.1) is 0 Å². The smallest absolute Gasteiger partial charge is 0.305 e. The first-order chi connectivity index (χ1) is 8.92. The highest BCUT2D eigenvalue weighted by Crippen LogP contribution is 2.16. The van der Waals surface area contributed by atoms with Gasteiger partial charge in [0, 0.05) is 32.5 Å². The van der Waals surface area contributed by atoms with Gasteiger partial charge in [0.2, 0.25) is 0 Å². The van der Waals surface area contributed by atoms with Crippen LogP contribution in [-0.4, -0.2) is 25.7 Å². The van der Waals surface area contributed by atoms with E-state index in [4.69, 9.17) is 0 Å². The monoisotopic (exact) mass is 273 g/mol. The first-order valence-corrected chi connectivity index (χ1v) is 5.71. The average molecular weight is 273 g/mol. The van der Waals surface area contributed by atoms with Crippen molar-refractivity contribution in [2.75, 3.05) is 0 Å². The Labute approximate surface area is 108 Å². The molecule has 0 radical (unpaired) electrons. The van der Waals surface area contributed by atoms with Gasteiger partial charge in [-0.2, -0.15) is 23.4 Å². The average Bonchev–Trinajstić information content (AvgIpc) is 2.86. The minimum Gasteiger partial charge on any atom is -0.305 e. The lowest BCUT2D eigenvalue weighted by molar-refractivity contribution is -0.142. The number of rotatable bonds is 5. The van der Waals surface area contributed by atoms with E-state index in [1.165, 1.54) is 6.20 Å². The molecule has 2 aromatic rings. The number of halogens is 3. The maximum atomic E-state index is 12.1. The van der Waals surface area contributed by atoms with Crippen LogP contribution in [0.4, 0.5) is 13.2 Å². The zero-order chi connectivity index (χ0) is 13.9. The number of nitrogens with zero attached hydrogens (tertiary/aromatic N) is 4. The molecule has 0 saturated heterocycles. The van der Waals surface area contributed by atoms with Gasteiger partial charge in [-0.1, -0.05) is 0 Å². The third-order valence-electron chi connectivity index (χ3n) is 2.42. The zero-order valence-electron chi connectivity index (χ0n) is 10.4. The Balaban J connectivity index is 1.80. The van der Waals surface area contributed by atoms with Crippen molar-refractivity contribution in [3.8, 4) is 0 Å². The summed E-state index contributed by atoms with van der Waals surface area (Å²) in [5, 5.41) is 11.1. The molecule has 0 bridgehead atoms. The molecule has 8 heteroatoms. The van der Waals surface area contributed by atoms with E-state index in [9.17, 15) is 13.2 Å². The summed E-state index contributed by atoms with van der Waals surface area (Å²) in [5.74, 6) is 0. The third-order valence-corrected chi connectivity index (χ3v) is 2.42. The van der Waals surface area contributed by atoms with Crippen molar-refractivity contribution in [1.29, 1.82) is 0 Å². The van der Waals surface area contributed by atoms with Crippen LogP contribution in [0.5, 0.6) is 0 Å².